The SMILES string of the molecule is C=C(C)C(=O)OCC(O)COc1ccc2cc(C(C)CC)ccc2c1. The quantitative estimate of drug-likeness (QED) is 0.577. The molecule has 0 saturated carbocycles. The summed E-state index contributed by atoms with van der Waals surface area (Å²) in [7, 11) is 0. The molecule has 0 aliphatic rings. The second kappa shape index (κ2) is 8.67. The lowest BCUT2D eigenvalue weighted by molar-refractivity contribution is -0.142. The van der Waals surface area contributed by atoms with Crippen LogP contribution in [-0.4, -0.2) is 30.4 Å². The van der Waals surface area contributed by atoms with Gasteiger partial charge in [0.1, 0.15) is 25.1 Å². The van der Waals surface area contributed by atoms with Crippen molar-refractivity contribution in [3.05, 3.63) is 54.1 Å². The number of benzene rings is 2. The van der Waals surface area contributed by atoms with Crippen molar-refractivity contribution in [2.24, 2.45) is 0 Å². The Labute approximate surface area is 149 Å². The van der Waals surface area contributed by atoms with Crippen molar-refractivity contribution in [3.63, 3.8) is 0 Å². The molecule has 4 heteroatoms. The van der Waals surface area contributed by atoms with Crippen molar-refractivity contribution in [2.75, 3.05) is 13.2 Å². The predicted molar refractivity (Wildman–Crippen MR) is 99.9 cm³/mol. The van der Waals surface area contributed by atoms with E-state index in [9.17, 15) is 9.90 Å². The van der Waals surface area contributed by atoms with Gasteiger partial charge in [0.25, 0.3) is 0 Å². The van der Waals surface area contributed by atoms with E-state index in [2.05, 4.69) is 38.6 Å². The maximum Gasteiger partial charge on any atom is 0.333 e. The molecule has 2 unspecified atom stereocenters. The molecular weight excluding hydrogens is 316 g/mol. The summed E-state index contributed by atoms with van der Waals surface area (Å²) in [5.41, 5.74) is 1.64. The molecule has 25 heavy (non-hydrogen) atoms. The summed E-state index contributed by atoms with van der Waals surface area (Å²) >= 11 is 0. The lowest BCUT2D eigenvalue weighted by atomic mass is 9.96. The van der Waals surface area contributed by atoms with Crippen molar-refractivity contribution in [1.82, 2.24) is 0 Å². The Hall–Kier alpha value is -2.33. The highest BCUT2D eigenvalue weighted by molar-refractivity contribution is 5.87. The van der Waals surface area contributed by atoms with Gasteiger partial charge in [-0.25, -0.2) is 4.79 Å². The molecule has 2 aromatic carbocycles. The van der Waals surface area contributed by atoms with Crippen LogP contribution in [0.15, 0.2) is 48.6 Å². The third kappa shape index (κ3) is 5.33. The lowest BCUT2D eigenvalue weighted by Crippen LogP contribution is -2.25. The van der Waals surface area contributed by atoms with Crippen LogP contribution in [0.2, 0.25) is 0 Å². The van der Waals surface area contributed by atoms with Gasteiger partial charge in [-0.15, -0.1) is 0 Å². The average molecular weight is 342 g/mol. The number of hydrogen-bond donors (Lipinski definition) is 1. The molecule has 1 N–H and O–H groups in total. The fraction of sp³-hybridized carbons (Fsp3) is 0.381. The van der Waals surface area contributed by atoms with Gasteiger partial charge in [0.2, 0.25) is 0 Å². The number of aliphatic hydroxyl groups is 1. The number of hydrogen-bond acceptors (Lipinski definition) is 4. The molecular formula is C21H26O4. The third-order valence-electron chi connectivity index (χ3n) is 4.21. The first-order valence-corrected chi connectivity index (χ1v) is 8.58. The fourth-order valence-electron chi connectivity index (χ4n) is 2.41. The standard InChI is InChI=1S/C21H26O4/c1-5-15(4)16-6-7-18-11-20(9-8-17(18)10-16)24-12-19(22)13-25-21(23)14(2)3/h6-11,15,19,22H,2,5,12-13H2,1,3-4H3. The van der Waals surface area contributed by atoms with E-state index in [1.807, 2.05) is 18.2 Å². The minimum absolute atomic E-state index is 0.0555. The Morgan fingerprint density at radius 3 is 2.52 bits per heavy atom. The molecule has 0 heterocycles. The largest absolute Gasteiger partial charge is 0.491 e. The van der Waals surface area contributed by atoms with Crippen LogP contribution in [0.3, 0.4) is 0 Å². The van der Waals surface area contributed by atoms with Crippen LogP contribution in [0.4, 0.5) is 0 Å². The van der Waals surface area contributed by atoms with Gasteiger partial charge in [-0.1, -0.05) is 44.7 Å². The van der Waals surface area contributed by atoms with E-state index >= 15 is 0 Å². The predicted octanol–water partition coefficient (Wildman–Crippen LogP) is 4.21. The van der Waals surface area contributed by atoms with Crippen LogP contribution in [0, 0.1) is 0 Å². The number of aliphatic hydroxyl groups excluding tert-OH is 1. The summed E-state index contributed by atoms with van der Waals surface area (Å²) in [6, 6.07) is 12.3. The average Bonchev–Trinajstić information content (AvgIpc) is 2.62. The van der Waals surface area contributed by atoms with Gasteiger partial charge >= 0.3 is 5.97 Å². The summed E-state index contributed by atoms with van der Waals surface area (Å²) in [5, 5.41) is 12.1. The van der Waals surface area contributed by atoms with Gasteiger partial charge in [0, 0.05) is 5.57 Å². The topological polar surface area (TPSA) is 55.8 Å². The number of esters is 1. The maximum atomic E-state index is 11.3. The van der Waals surface area contributed by atoms with Gasteiger partial charge in [-0.3, -0.25) is 0 Å². The maximum absolute atomic E-state index is 11.3. The van der Waals surface area contributed by atoms with Crippen molar-refractivity contribution in [1.29, 1.82) is 0 Å². The summed E-state index contributed by atoms with van der Waals surface area (Å²) in [6.07, 6.45) is 0.229. The normalized spacial score (nSPS) is 13.3. The molecule has 0 spiro atoms. The Kier molecular flexibility index (Phi) is 6.59. The van der Waals surface area contributed by atoms with Crippen LogP contribution in [0.1, 0.15) is 38.7 Å². The highest BCUT2D eigenvalue weighted by Gasteiger charge is 2.11. The molecule has 0 radical (unpaired) electrons. The Morgan fingerprint density at radius 2 is 1.84 bits per heavy atom. The van der Waals surface area contributed by atoms with E-state index in [4.69, 9.17) is 9.47 Å². The van der Waals surface area contributed by atoms with Gasteiger partial charge in [-0.05, 0) is 47.7 Å². The number of ether oxygens (including phenoxy) is 2. The molecule has 2 rings (SSSR count). The smallest absolute Gasteiger partial charge is 0.333 e. The summed E-state index contributed by atoms with van der Waals surface area (Å²) in [4.78, 5) is 11.3. The highest BCUT2D eigenvalue weighted by atomic mass is 16.5. The second-order valence-electron chi connectivity index (χ2n) is 6.42. The molecule has 2 aromatic rings. The lowest BCUT2D eigenvalue weighted by Gasteiger charge is -2.14. The van der Waals surface area contributed by atoms with Gasteiger partial charge in [0.05, 0.1) is 0 Å². The first kappa shape index (κ1) is 19.0. The molecule has 0 aromatic heterocycles. The number of rotatable bonds is 8. The van der Waals surface area contributed by atoms with Gasteiger partial charge in [0.15, 0.2) is 0 Å². The van der Waals surface area contributed by atoms with Crippen LogP contribution < -0.4 is 4.74 Å². The molecule has 0 amide bonds. The zero-order valence-electron chi connectivity index (χ0n) is 15.1. The number of carbonyl (C=O) groups is 1. The van der Waals surface area contributed by atoms with Crippen molar-refractivity contribution in [3.8, 4) is 5.75 Å². The van der Waals surface area contributed by atoms with Gasteiger partial charge in [-0.2, -0.15) is 0 Å². The first-order chi connectivity index (χ1) is 11.9. The minimum Gasteiger partial charge on any atom is -0.491 e. The molecule has 4 nitrogen and oxygen atoms in total. The fourth-order valence-corrected chi connectivity index (χ4v) is 2.41. The van der Waals surface area contributed by atoms with Crippen molar-refractivity contribution >= 4 is 16.7 Å². The second-order valence-corrected chi connectivity index (χ2v) is 6.42. The molecule has 0 bridgehead atoms. The monoisotopic (exact) mass is 342 g/mol. The molecule has 0 aliphatic carbocycles. The Bertz CT molecular complexity index is 751. The number of fused-ring (bicyclic) bond motifs is 1. The summed E-state index contributed by atoms with van der Waals surface area (Å²) in [6.45, 7) is 9.40. The van der Waals surface area contributed by atoms with Crippen LogP contribution in [-0.2, 0) is 9.53 Å². The van der Waals surface area contributed by atoms with Crippen molar-refractivity contribution < 1.29 is 19.4 Å². The third-order valence-corrected chi connectivity index (χ3v) is 4.21. The summed E-state index contributed by atoms with van der Waals surface area (Å²) < 4.78 is 10.5. The summed E-state index contributed by atoms with van der Waals surface area (Å²) in [5.74, 6) is 0.702. The zero-order chi connectivity index (χ0) is 18.4. The molecule has 134 valence electrons. The van der Waals surface area contributed by atoms with Crippen LogP contribution in [0.25, 0.3) is 10.8 Å². The van der Waals surface area contributed by atoms with Crippen molar-refractivity contribution in [2.45, 2.75) is 39.2 Å². The minimum atomic E-state index is -0.883. The van der Waals surface area contributed by atoms with E-state index in [1.54, 1.807) is 6.92 Å². The highest BCUT2D eigenvalue weighted by Crippen LogP contribution is 2.26. The van der Waals surface area contributed by atoms with E-state index in [0.717, 1.165) is 11.8 Å². The molecule has 2 atom stereocenters. The zero-order valence-corrected chi connectivity index (χ0v) is 15.1. The Balaban J connectivity index is 1.95. The van der Waals surface area contributed by atoms with Gasteiger partial charge < -0.3 is 14.6 Å². The van der Waals surface area contributed by atoms with E-state index < -0.39 is 12.1 Å². The van der Waals surface area contributed by atoms with E-state index in [1.165, 1.54) is 10.9 Å². The molecule has 0 aliphatic heterocycles. The Morgan fingerprint density at radius 1 is 1.16 bits per heavy atom. The first-order valence-electron chi connectivity index (χ1n) is 8.58. The molecule has 0 fully saturated rings. The van der Waals surface area contributed by atoms with E-state index in [0.29, 0.717) is 17.2 Å². The van der Waals surface area contributed by atoms with Crippen LogP contribution in [0.5, 0.6) is 5.75 Å². The van der Waals surface area contributed by atoms with E-state index in [-0.39, 0.29) is 13.2 Å². The molecule has 0 saturated heterocycles. The van der Waals surface area contributed by atoms with Crippen LogP contribution >= 0.6 is 0 Å². The number of carbonyl (C=O) groups excluding carboxylic acids is 1.